The molecule has 0 aromatic carbocycles. The summed E-state index contributed by atoms with van der Waals surface area (Å²) < 4.78 is 4.91. The van der Waals surface area contributed by atoms with E-state index >= 15 is 0 Å². The highest BCUT2D eigenvalue weighted by molar-refractivity contribution is 6.02. The molecule has 0 aliphatic rings. The number of H-pyrrole nitrogens is 1. The Morgan fingerprint density at radius 2 is 2.00 bits per heavy atom. The molecule has 16 heavy (non-hydrogen) atoms. The van der Waals surface area contributed by atoms with Gasteiger partial charge in [0.05, 0.1) is 24.4 Å². The molecule has 0 bridgehead atoms. The Bertz CT molecular complexity index is 421. The summed E-state index contributed by atoms with van der Waals surface area (Å²) in [6.45, 7) is 5.40. The van der Waals surface area contributed by atoms with Crippen molar-refractivity contribution < 1.29 is 14.3 Å². The smallest absolute Gasteiger partial charge is 0.340 e. The summed E-state index contributed by atoms with van der Waals surface area (Å²) in [5.41, 5.74) is 7.34. The topological polar surface area (TPSA) is 85.2 Å². The number of hydrogen-bond acceptors (Lipinski definition) is 4. The van der Waals surface area contributed by atoms with Gasteiger partial charge < -0.3 is 15.5 Å². The number of ketones is 1. The molecule has 3 N–H and O–H groups in total. The zero-order valence-corrected chi connectivity index (χ0v) is 9.72. The van der Waals surface area contributed by atoms with Gasteiger partial charge in [0.1, 0.15) is 0 Å². The predicted molar refractivity (Wildman–Crippen MR) is 59.6 cm³/mol. The lowest BCUT2D eigenvalue weighted by Crippen LogP contribution is -2.15. The summed E-state index contributed by atoms with van der Waals surface area (Å²) >= 11 is 0. The van der Waals surface area contributed by atoms with Gasteiger partial charge in [0.25, 0.3) is 0 Å². The fraction of sp³-hybridized carbons (Fsp3) is 0.455. The van der Waals surface area contributed by atoms with Crippen LogP contribution in [0.2, 0.25) is 0 Å². The maximum Gasteiger partial charge on any atom is 0.340 e. The molecule has 0 radical (unpaired) electrons. The van der Waals surface area contributed by atoms with Gasteiger partial charge in [-0.15, -0.1) is 0 Å². The average molecular weight is 224 g/mol. The molecule has 5 heteroatoms. The molecule has 0 amide bonds. The first kappa shape index (κ1) is 12.4. The second kappa shape index (κ2) is 4.94. The predicted octanol–water partition coefficient (Wildman–Crippen LogP) is 0.950. The zero-order chi connectivity index (χ0) is 12.3. The van der Waals surface area contributed by atoms with E-state index in [1.54, 1.807) is 20.8 Å². The third-order valence-electron chi connectivity index (χ3n) is 2.38. The fourth-order valence-electron chi connectivity index (χ4n) is 1.64. The van der Waals surface area contributed by atoms with E-state index in [1.807, 2.05) is 0 Å². The number of aromatic nitrogens is 1. The van der Waals surface area contributed by atoms with Crippen molar-refractivity contribution in [3.63, 3.8) is 0 Å². The van der Waals surface area contributed by atoms with Crippen LogP contribution >= 0.6 is 0 Å². The molecule has 0 saturated heterocycles. The van der Waals surface area contributed by atoms with E-state index in [-0.39, 0.29) is 12.3 Å². The Morgan fingerprint density at radius 1 is 1.38 bits per heavy atom. The highest BCUT2D eigenvalue weighted by Crippen LogP contribution is 2.19. The first-order valence-corrected chi connectivity index (χ1v) is 5.12. The average Bonchev–Trinajstić information content (AvgIpc) is 2.53. The number of rotatable bonds is 4. The number of esters is 1. The molecule has 0 spiro atoms. The summed E-state index contributed by atoms with van der Waals surface area (Å²) in [4.78, 5) is 26.0. The zero-order valence-electron chi connectivity index (χ0n) is 9.72. The van der Waals surface area contributed by atoms with Crippen molar-refractivity contribution in [3.8, 4) is 0 Å². The number of aromatic amines is 1. The van der Waals surface area contributed by atoms with Crippen molar-refractivity contribution in [3.05, 3.63) is 22.5 Å². The maximum absolute atomic E-state index is 11.6. The summed E-state index contributed by atoms with van der Waals surface area (Å²) in [6, 6.07) is 0. The second-order valence-corrected chi connectivity index (χ2v) is 3.47. The number of nitrogens with one attached hydrogen (secondary N) is 1. The van der Waals surface area contributed by atoms with Crippen LogP contribution in [0.25, 0.3) is 0 Å². The van der Waals surface area contributed by atoms with Crippen LogP contribution in [0.1, 0.15) is 39.0 Å². The fourth-order valence-corrected chi connectivity index (χ4v) is 1.64. The first-order chi connectivity index (χ1) is 7.52. The molecule has 1 aromatic heterocycles. The molecule has 0 aliphatic carbocycles. The minimum atomic E-state index is -0.412. The Kier molecular flexibility index (Phi) is 3.84. The molecule has 0 aliphatic heterocycles. The SMILES string of the molecule is CCOC(=O)c1c(C)[nH]c(C(=O)CN)c1C. The lowest BCUT2D eigenvalue weighted by molar-refractivity contribution is 0.0525. The molecule has 0 saturated carbocycles. The Labute approximate surface area is 94.0 Å². The van der Waals surface area contributed by atoms with Gasteiger partial charge in [0.2, 0.25) is 0 Å². The van der Waals surface area contributed by atoms with E-state index in [9.17, 15) is 9.59 Å². The highest BCUT2D eigenvalue weighted by Gasteiger charge is 2.21. The minimum Gasteiger partial charge on any atom is -0.462 e. The van der Waals surface area contributed by atoms with Crippen molar-refractivity contribution in [1.29, 1.82) is 0 Å². The van der Waals surface area contributed by atoms with Crippen molar-refractivity contribution >= 4 is 11.8 Å². The van der Waals surface area contributed by atoms with Gasteiger partial charge in [-0.25, -0.2) is 4.79 Å². The Morgan fingerprint density at radius 3 is 2.50 bits per heavy atom. The number of aryl methyl sites for hydroxylation is 1. The van der Waals surface area contributed by atoms with Crippen LogP contribution in [0, 0.1) is 13.8 Å². The number of carbonyl (C=O) groups is 2. The van der Waals surface area contributed by atoms with Crippen molar-refractivity contribution in [2.24, 2.45) is 5.73 Å². The second-order valence-electron chi connectivity index (χ2n) is 3.47. The molecule has 5 nitrogen and oxygen atoms in total. The maximum atomic E-state index is 11.6. The van der Waals surface area contributed by atoms with Crippen molar-refractivity contribution in [1.82, 2.24) is 4.98 Å². The molecule has 0 unspecified atom stereocenters. The van der Waals surface area contributed by atoms with E-state index in [1.165, 1.54) is 0 Å². The molecule has 1 heterocycles. The van der Waals surface area contributed by atoms with E-state index in [0.29, 0.717) is 29.1 Å². The first-order valence-electron chi connectivity index (χ1n) is 5.12. The summed E-state index contributed by atoms with van der Waals surface area (Å²) in [5, 5.41) is 0. The Hall–Kier alpha value is -1.62. The van der Waals surface area contributed by atoms with Gasteiger partial charge in [-0.05, 0) is 26.3 Å². The molecule has 0 fully saturated rings. The van der Waals surface area contributed by atoms with E-state index in [2.05, 4.69) is 4.98 Å². The van der Waals surface area contributed by atoms with Gasteiger partial charge >= 0.3 is 5.97 Å². The monoisotopic (exact) mass is 224 g/mol. The lowest BCUT2D eigenvalue weighted by atomic mass is 10.1. The number of nitrogens with two attached hydrogens (primary N) is 1. The van der Waals surface area contributed by atoms with Crippen LogP contribution in [0.15, 0.2) is 0 Å². The van der Waals surface area contributed by atoms with Gasteiger partial charge in [-0.3, -0.25) is 4.79 Å². The van der Waals surface area contributed by atoms with Crippen LogP contribution in [0.5, 0.6) is 0 Å². The number of ether oxygens (including phenoxy) is 1. The molecular weight excluding hydrogens is 208 g/mol. The molecule has 0 atom stereocenters. The lowest BCUT2D eigenvalue weighted by Gasteiger charge is -2.02. The normalized spacial score (nSPS) is 10.2. The van der Waals surface area contributed by atoms with Crippen molar-refractivity contribution in [2.75, 3.05) is 13.2 Å². The third-order valence-corrected chi connectivity index (χ3v) is 2.38. The van der Waals surface area contributed by atoms with Crippen LogP contribution in [0.4, 0.5) is 0 Å². The summed E-state index contributed by atoms with van der Waals surface area (Å²) in [7, 11) is 0. The number of hydrogen-bond donors (Lipinski definition) is 2. The highest BCUT2D eigenvalue weighted by atomic mass is 16.5. The number of carbonyl (C=O) groups excluding carboxylic acids is 2. The van der Waals surface area contributed by atoms with Crippen LogP contribution in [0.3, 0.4) is 0 Å². The van der Waals surface area contributed by atoms with Gasteiger partial charge in [0, 0.05) is 5.69 Å². The van der Waals surface area contributed by atoms with E-state index < -0.39 is 5.97 Å². The van der Waals surface area contributed by atoms with Crippen LogP contribution < -0.4 is 5.73 Å². The molecule has 1 aromatic rings. The third kappa shape index (κ3) is 2.14. The van der Waals surface area contributed by atoms with Gasteiger partial charge in [0.15, 0.2) is 5.78 Å². The quantitative estimate of drug-likeness (QED) is 0.589. The van der Waals surface area contributed by atoms with E-state index in [4.69, 9.17) is 10.5 Å². The van der Waals surface area contributed by atoms with Crippen LogP contribution in [-0.2, 0) is 4.74 Å². The largest absolute Gasteiger partial charge is 0.462 e. The standard InChI is InChI=1S/C11H16N2O3/c1-4-16-11(15)9-6(2)10(8(14)5-12)13-7(9)3/h13H,4-5,12H2,1-3H3. The molecular formula is C11H16N2O3. The minimum absolute atomic E-state index is 0.0803. The number of Topliss-reactive ketones (excluding diaryl/α,β-unsaturated/α-hetero) is 1. The van der Waals surface area contributed by atoms with E-state index in [0.717, 1.165) is 0 Å². The van der Waals surface area contributed by atoms with Gasteiger partial charge in [-0.2, -0.15) is 0 Å². The van der Waals surface area contributed by atoms with Gasteiger partial charge in [-0.1, -0.05) is 0 Å². The van der Waals surface area contributed by atoms with Crippen molar-refractivity contribution in [2.45, 2.75) is 20.8 Å². The summed E-state index contributed by atoms with van der Waals surface area (Å²) in [5.74, 6) is -0.624. The Balaban J connectivity index is 3.17. The molecule has 1 rings (SSSR count). The summed E-state index contributed by atoms with van der Waals surface area (Å²) in [6.07, 6.45) is 0. The van der Waals surface area contributed by atoms with Crippen LogP contribution in [-0.4, -0.2) is 29.9 Å². The molecule has 88 valence electrons.